The maximum Gasteiger partial charge on any atom is 0.123 e. The summed E-state index contributed by atoms with van der Waals surface area (Å²) in [6.07, 6.45) is 1.14. The number of hydrogen-bond donors (Lipinski definition) is 1. The number of fused-ring (bicyclic) bond motifs is 2. The highest BCUT2D eigenvalue weighted by Gasteiger charge is 2.31. The molecule has 2 aromatic carbocycles. The van der Waals surface area contributed by atoms with Crippen LogP contribution in [0.2, 0.25) is 0 Å². The molecule has 0 saturated carbocycles. The quantitative estimate of drug-likeness (QED) is 0.780. The van der Waals surface area contributed by atoms with Crippen LogP contribution in [0, 0.1) is 0 Å². The van der Waals surface area contributed by atoms with E-state index in [9.17, 15) is 5.11 Å². The highest BCUT2D eigenvalue weighted by Crippen LogP contribution is 2.42. The molecule has 0 aliphatic carbocycles. The van der Waals surface area contributed by atoms with E-state index in [4.69, 9.17) is 4.74 Å². The number of hydrogen-bond acceptors (Lipinski definition) is 3. The third-order valence-electron chi connectivity index (χ3n) is 4.10. The first-order chi connectivity index (χ1) is 10.3. The molecule has 4 rings (SSSR count). The largest absolute Gasteiger partial charge is 0.493 e. The summed E-state index contributed by atoms with van der Waals surface area (Å²) in [5.41, 5.74) is 2.79. The van der Waals surface area contributed by atoms with Crippen molar-refractivity contribution in [2.75, 3.05) is 6.61 Å². The molecule has 21 heavy (non-hydrogen) atoms. The molecule has 104 valence electrons. The number of pyridine rings is 1. The van der Waals surface area contributed by atoms with Gasteiger partial charge in [0, 0.05) is 22.7 Å². The first kappa shape index (κ1) is 12.4. The summed E-state index contributed by atoms with van der Waals surface area (Å²) in [5.74, 6) is 0.823. The summed E-state index contributed by atoms with van der Waals surface area (Å²) < 4.78 is 5.69. The highest BCUT2D eigenvalue weighted by atomic mass is 16.5. The molecule has 0 saturated heterocycles. The van der Waals surface area contributed by atoms with E-state index in [1.54, 1.807) is 6.20 Å². The van der Waals surface area contributed by atoms with E-state index >= 15 is 0 Å². The minimum Gasteiger partial charge on any atom is -0.493 e. The van der Waals surface area contributed by atoms with Crippen molar-refractivity contribution in [1.29, 1.82) is 0 Å². The molecule has 0 bridgehead atoms. The van der Waals surface area contributed by atoms with Gasteiger partial charge in [0.15, 0.2) is 0 Å². The van der Waals surface area contributed by atoms with Crippen molar-refractivity contribution in [2.45, 2.75) is 12.0 Å². The molecule has 1 aliphatic heterocycles. The minimum atomic E-state index is -0.618. The van der Waals surface area contributed by atoms with E-state index in [-0.39, 0.29) is 5.92 Å². The lowest BCUT2D eigenvalue weighted by molar-refractivity contribution is 0.131. The van der Waals surface area contributed by atoms with Crippen molar-refractivity contribution in [3.8, 4) is 5.75 Å². The van der Waals surface area contributed by atoms with Crippen molar-refractivity contribution < 1.29 is 9.84 Å². The Morgan fingerprint density at radius 3 is 2.86 bits per heavy atom. The van der Waals surface area contributed by atoms with E-state index in [1.165, 1.54) is 0 Å². The third kappa shape index (κ3) is 1.98. The smallest absolute Gasteiger partial charge is 0.123 e. The van der Waals surface area contributed by atoms with Crippen LogP contribution < -0.4 is 4.74 Å². The predicted octanol–water partition coefficient (Wildman–Crippen LogP) is 3.44. The van der Waals surface area contributed by atoms with Crippen LogP contribution in [-0.4, -0.2) is 16.7 Å². The van der Waals surface area contributed by atoms with Crippen LogP contribution in [0.5, 0.6) is 5.75 Å². The van der Waals surface area contributed by atoms with E-state index in [0.717, 1.165) is 27.8 Å². The highest BCUT2D eigenvalue weighted by molar-refractivity contribution is 5.82. The SMILES string of the molecule is OC(c1cccc2cccnc12)C1COc2ccccc21. The number of rotatable bonds is 2. The average molecular weight is 277 g/mol. The van der Waals surface area contributed by atoms with Gasteiger partial charge in [0.2, 0.25) is 0 Å². The fourth-order valence-corrected chi connectivity index (χ4v) is 3.03. The molecule has 0 fully saturated rings. The number of ether oxygens (including phenoxy) is 1. The first-order valence-electron chi connectivity index (χ1n) is 7.08. The molecule has 1 N–H and O–H groups in total. The Morgan fingerprint density at radius 1 is 1.05 bits per heavy atom. The second-order valence-electron chi connectivity index (χ2n) is 5.32. The molecule has 3 heteroatoms. The summed E-state index contributed by atoms with van der Waals surface area (Å²) >= 11 is 0. The molecule has 2 heterocycles. The van der Waals surface area contributed by atoms with Gasteiger partial charge in [0.1, 0.15) is 5.75 Å². The number of aliphatic hydroxyl groups is 1. The lowest BCUT2D eigenvalue weighted by Gasteiger charge is -2.18. The zero-order chi connectivity index (χ0) is 14.2. The van der Waals surface area contributed by atoms with E-state index in [2.05, 4.69) is 4.98 Å². The van der Waals surface area contributed by atoms with Crippen molar-refractivity contribution in [3.63, 3.8) is 0 Å². The van der Waals surface area contributed by atoms with Crippen LogP contribution in [0.25, 0.3) is 10.9 Å². The summed E-state index contributed by atoms with van der Waals surface area (Å²) in [5, 5.41) is 11.9. The van der Waals surface area contributed by atoms with Gasteiger partial charge >= 0.3 is 0 Å². The van der Waals surface area contributed by atoms with Crippen molar-refractivity contribution in [3.05, 3.63) is 71.9 Å². The second-order valence-corrected chi connectivity index (χ2v) is 5.32. The van der Waals surface area contributed by atoms with E-state index in [0.29, 0.717) is 6.61 Å². The van der Waals surface area contributed by atoms with Crippen LogP contribution in [-0.2, 0) is 0 Å². The standard InChI is InChI=1S/C18H15NO2/c20-18(15-11-21-16-9-2-1-7-13(15)16)14-8-3-5-12-6-4-10-19-17(12)14/h1-10,15,18,20H,11H2. The molecule has 3 nitrogen and oxygen atoms in total. The zero-order valence-corrected chi connectivity index (χ0v) is 11.4. The number of benzene rings is 2. The molecule has 2 unspecified atom stereocenters. The van der Waals surface area contributed by atoms with Crippen LogP contribution in [0.4, 0.5) is 0 Å². The lowest BCUT2D eigenvalue weighted by Crippen LogP contribution is -2.13. The van der Waals surface area contributed by atoms with Gasteiger partial charge in [0.05, 0.1) is 24.1 Å². The minimum absolute atomic E-state index is 0.0474. The Bertz CT molecular complexity index is 795. The maximum absolute atomic E-state index is 10.8. The van der Waals surface area contributed by atoms with Crippen molar-refractivity contribution in [2.24, 2.45) is 0 Å². The zero-order valence-electron chi connectivity index (χ0n) is 11.4. The molecule has 0 amide bonds. The number of para-hydroxylation sites is 2. The molecule has 1 aromatic heterocycles. The van der Waals surface area contributed by atoms with Gasteiger partial charge in [0.25, 0.3) is 0 Å². The first-order valence-corrected chi connectivity index (χ1v) is 7.08. The van der Waals surface area contributed by atoms with Gasteiger partial charge < -0.3 is 9.84 Å². The molecule has 1 aliphatic rings. The fourth-order valence-electron chi connectivity index (χ4n) is 3.03. The van der Waals surface area contributed by atoms with Crippen LogP contribution in [0.3, 0.4) is 0 Å². The normalized spacial score (nSPS) is 18.2. The lowest BCUT2D eigenvalue weighted by atomic mass is 9.90. The summed E-state index contributed by atoms with van der Waals surface area (Å²) in [4.78, 5) is 4.43. The van der Waals surface area contributed by atoms with Crippen LogP contribution in [0.1, 0.15) is 23.1 Å². The fraction of sp³-hybridized carbons (Fsp3) is 0.167. The molecule has 0 spiro atoms. The van der Waals surface area contributed by atoms with E-state index in [1.807, 2.05) is 54.6 Å². The average Bonchev–Trinajstić information content (AvgIpc) is 2.98. The Kier molecular flexibility index (Phi) is 2.86. The van der Waals surface area contributed by atoms with E-state index < -0.39 is 6.10 Å². The molecule has 0 radical (unpaired) electrons. The Morgan fingerprint density at radius 2 is 1.90 bits per heavy atom. The van der Waals surface area contributed by atoms with Gasteiger partial charge in [-0.15, -0.1) is 0 Å². The molecule has 2 atom stereocenters. The Hall–Kier alpha value is -2.39. The molecule has 3 aromatic rings. The van der Waals surface area contributed by atoms with Crippen molar-refractivity contribution >= 4 is 10.9 Å². The predicted molar refractivity (Wildman–Crippen MR) is 81.4 cm³/mol. The molecular formula is C18H15NO2. The maximum atomic E-state index is 10.8. The van der Waals surface area contributed by atoms with Gasteiger partial charge in [-0.05, 0) is 12.1 Å². The van der Waals surface area contributed by atoms with Gasteiger partial charge in [-0.3, -0.25) is 4.98 Å². The van der Waals surface area contributed by atoms with Crippen LogP contribution >= 0.6 is 0 Å². The Balaban J connectivity index is 1.80. The second kappa shape index (κ2) is 4.86. The monoisotopic (exact) mass is 277 g/mol. The summed E-state index contributed by atoms with van der Waals surface area (Å²) in [7, 11) is 0. The van der Waals surface area contributed by atoms with Gasteiger partial charge in [-0.2, -0.15) is 0 Å². The third-order valence-corrected chi connectivity index (χ3v) is 4.10. The molecular weight excluding hydrogens is 262 g/mol. The number of nitrogens with zero attached hydrogens (tertiary/aromatic N) is 1. The number of aromatic nitrogens is 1. The van der Waals surface area contributed by atoms with Crippen LogP contribution in [0.15, 0.2) is 60.8 Å². The summed E-state index contributed by atoms with van der Waals surface area (Å²) in [6.45, 7) is 0.504. The van der Waals surface area contributed by atoms with Crippen molar-refractivity contribution in [1.82, 2.24) is 4.98 Å². The van der Waals surface area contributed by atoms with Gasteiger partial charge in [-0.25, -0.2) is 0 Å². The summed E-state index contributed by atoms with van der Waals surface area (Å²) in [6, 6.07) is 17.7. The van der Waals surface area contributed by atoms with Gasteiger partial charge in [-0.1, -0.05) is 42.5 Å². The number of aliphatic hydroxyl groups excluding tert-OH is 1. The Labute approximate surface area is 122 Å². The topological polar surface area (TPSA) is 42.4 Å².